The van der Waals surface area contributed by atoms with Crippen LogP contribution in [0.1, 0.15) is 12.6 Å². The minimum absolute atomic E-state index is 0.158. The maximum atomic E-state index is 12.4. The van der Waals surface area contributed by atoms with E-state index in [2.05, 4.69) is 15.6 Å². The molecule has 26 heavy (non-hydrogen) atoms. The molecule has 0 bridgehead atoms. The number of methoxy groups -OCH3 is 1. The second-order valence-electron chi connectivity index (χ2n) is 6.37. The standard InChI is InChI=1S/C17H23N5O3S/c1-13-10-21(7-8-26(24)12-13)17(23)18-9-14-11-22(20-19-14)15-3-5-16(25-2)6-4-15/h3-6,11,13H,7-10,12H2,1-2H3,(H,18,23). The van der Waals surface area contributed by atoms with Gasteiger partial charge in [-0.1, -0.05) is 12.1 Å². The molecule has 1 aliphatic heterocycles. The van der Waals surface area contributed by atoms with E-state index < -0.39 is 10.8 Å². The Balaban J connectivity index is 1.57. The summed E-state index contributed by atoms with van der Waals surface area (Å²) < 4.78 is 18.5. The summed E-state index contributed by atoms with van der Waals surface area (Å²) in [4.78, 5) is 14.1. The lowest BCUT2D eigenvalue weighted by Crippen LogP contribution is -2.42. The summed E-state index contributed by atoms with van der Waals surface area (Å²) in [5, 5.41) is 11.1. The molecule has 8 nitrogen and oxygen atoms in total. The molecule has 0 radical (unpaired) electrons. The van der Waals surface area contributed by atoms with Crippen LogP contribution in [0.25, 0.3) is 5.69 Å². The SMILES string of the molecule is COc1ccc(-n2cc(CNC(=O)N3CCS(=O)CC(C)C3)nn2)cc1. The number of ether oxygens (including phenoxy) is 1. The van der Waals surface area contributed by atoms with Crippen molar-refractivity contribution in [2.45, 2.75) is 13.5 Å². The fourth-order valence-electron chi connectivity index (χ4n) is 2.84. The molecule has 0 aliphatic carbocycles. The molecule has 2 atom stereocenters. The molecule has 1 aliphatic rings. The van der Waals surface area contributed by atoms with Gasteiger partial charge in [-0.15, -0.1) is 5.10 Å². The summed E-state index contributed by atoms with van der Waals surface area (Å²) in [5.74, 6) is 2.19. The number of rotatable bonds is 4. The zero-order valence-electron chi connectivity index (χ0n) is 14.9. The third-order valence-electron chi connectivity index (χ3n) is 4.18. The van der Waals surface area contributed by atoms with E-state index in [1.807, 2.05) is 31.2 Å². The number of aromatic nitrogens is 3. The van der Waals surface area contributed by atoms with E-state index in [-0.39, 0.29) is 11.9 Å². The number of hydrogen-bond acceptors (Lipinski definition) is 5. The molecule has 2 heterocycles. The lowest BCUT2D eigenvalue weighted by Gasteiger charge is -2.22. The molecule has 1 aromatic heterocycles. The number of nitrogens with zero attached hydrogens (tertiary/aromatic N) is 4. The van der Waals surface area contributed by atoms with Crippen molar-refractivity contribution in [2.75, 3.05) is 31.7 Å². The largest absolute Gasteiger partial charge is 0.497 e. The van der Waals surface area contributed by atoms with Gasteiger partial charge < -0.3 is 15.0 Å². The number of benzene rings is 1. The van der Waals surface area contributed by atoms with Crippen LogP contribution < -0.4 is 10.1 Å². The third kappa shape index (κ3) is 4.60. The van der Waals surface area contributed by atoms with Gasteiger partial charge in [0.05, 0.1) is 25.5 Å². The fraction of sp³-hybridized carbons (Fsp3) is 0.471. The van der Waals surface area contributed by atoms with Crippen LogP contribution in [0.2, 0.25) is 0 Å². The zero-order valence-corrected chi connectivity index (χ0v) is 15.7. The molecule has 1 fully saturated rings. The van der Waals surface area contributed by atoms with E-state index in [1.54, 1.807) is 22.9 Å². The maximum Gasteiger partial charge on any atom is 0.317 e. The Hall–Kier alpha value is -2.42. The fourth-order valence-corrected chi connectivity index (χ4v) is 4.17. The first-order valence-corrected chi connectivity index (χ1v) is 9.97. The van der Waals surface area contributed by atoms with Crippen LogP contribution in [0.3, 0.4) is 0 Å². The van der Waals surface area contributed by atoms with Crippen molar-refractivity contribution in [3.63, 3.8) is 0 Å². The number of carbonyl (C=O) groups is 1. The van der Waals surface area contributed by atoms with Crippen molar-refractivity contribution < 1.29 is 13.7 Å². The van der Waals surface area contributed by atoms with Gasteiger partial charge in [0.25, 0.3) is 0 Å². The highest BCUT2D eigenvalue weighted by Gasteiger charge is 2.22. The smallest absolute Gasteiger partial charge is 0.317 e. The van der Waals surface area contributed by atoms with E-state index in [0.717, 1.165) is 11.4 Å². The average Bonchev–Trinajstić information content (AvgIpc) is 3.04. The van der Waals surface area contributed by atoms with Crippen LogP contribution in [0.5, 0.6) is 5.75 Å². The monoisotopic (exact) mass is 377 g/mol. The highest BCUT2D eigenvalue weighted by molar-refractivity contribution is 7.85. The first kappa shape index (κ1) is 18.4. The predicted octanol–water partition coefficient (Wildman–Crippen LogP) is 1.19. The second kappa shape index (κ2) is 8.31. The minimum atomic E-state index is -0.841. The van der Waals surface area contributed by atoms with Gasteiger partial charge in [0.1, 0.15) is 11.4 Å². The molecule has 1 N–H and O–H groups in total. The van der Waals surface area contributed by atoms with Crippen LogP contribution in [-0.2, 0) is 17.3 Å². The molecule has 2 amide bonds. The number of urea groups is 1. The van der Waals surface area contributed by atoms with Crippen LogP contribution in [0.15, 0.2) is 30.5 Å². The molecule has 9 heteroatoms. The highest BCUT2D eigenvalue weighted by Crippen LogP contribution is 2.14. The van der Waals surface area contributed by atoms with Gasteiger partial charge in [0.15, 0.2) is 0 Å². The van der Waals surface area contributed by atoms with Crippen LogP contribution >= 0.6 is 0 Å². The molecule has 2 unspecified atom stereocenters. The van der Waals surface area contributed by atoms with Gasteiger partial charge in [0, 0.05) is 35.4 Å². The number of amides is 2. The molecular weight excluding hydrogens is 354 g/mol. The van der Waals surface area contributed by atoms with Gasteiger partial charge in [-0.25, -0.2) is 9.48 Å². The maximum absolute atomic E-state index is 12.4. The molecule has 140 valence electrons. The number of carbonyl (C=O) groups excluding carboxylic acids is 1. The Labute approximate surface area is 155 Å². The Morgan fingerprint density at radius 2 is 2.15 bits per heavy atom. The quantitative estimate of drug-likeness (QED) is 0.864. The highest BCUT2D eigenvalue weighted by atomic mass is 32.2. The second-order valence-corrected chi connectivity index (χ2v) is 7.99. The van der Waals surface area contributed by atoms with Crippen molar-refractivity contribution in [1.29, 1.82) is 0 Å². The van der Waals surface area contributed by atoms with E-state index in [9.17, 15) is 9.00 Å². The Morgan fingerprint density at radius 3 is 2.88 bits per heavy atom. The molecule has 1 saturated heterocycles. The van der Waals surface area contributed by atoms with Gasteiger partial charge in [-0.05, 0) is 30.2 Å². The van der Waals surface area contributed by atoms with E-state index in [1.165, 1.54) is 0 Å². The lowest BCUT2D eigenvalue weighted by atomic mass is 10.2. The Kier molecular flexibility index (Phi) is 5.87. The van der Waals surface area contributed by atoms with E-state index >= 15 is 0 Å². The van der Waals surface area contributed by atoms with Crippen LogP contribution in [0, 0.1) is 5.92 Å². The predicted molar refractivity (Wildman–Crippen MR) is 98.8 cm³/mol. The van der Waals surface area contributed by atoms with E-state index in [4.69, 9.17) is 4.74 Å². The van der Waals surface area contributed by atoms with Gasteiger partial charge in [-0.2, -0.15) is 0 Å². The first-order valence-electron chi connectivity index (χ1n) is 8.48. The zero-order chi connectivity index (χ0) is 18.5. The summed E-state index contributed by atoms with van der Waals surface area (Å²) in [7, 11) is 0.778. The summed E-state index contributed by atoms with van der Waals surface area (Å²) >= 11 is 0. The summed E-state index contributed by atoms with van der Waals surface area (Å²) in [6, 6.07) is 7.31. The van der Waals surface area contributed by atoms with Crippen molar-refractivity contribution >= 4 is 16.8 Å². The number of nitrogens with one attached hydrogen (secondary N) is 1. The van der Waals surface area contributed by atoms with Crippen molar-refractivity contribution in [1.82, 2.24) is 25.2 Å². The van der Waals surface area contributed by atoms with Crippen molar-refractivity contribution in [2.24, 2.45) is 5.92 Å². The third-order valence-corrected chi connectivity index (χ3v) is 5.76. The van der Waals surface area contributed by atoms with Crippen LogP contribution in [0.4, 0.5) is 4.79 Å². The summed E-state index contributed by atoms with van der Waals surface area (Å²) in [6.07, 6.45) is 1.78. The van der Waals surface area contributed by atoms with Gasteiger partial charge in [0.2, 0.25) is 0 Å². The number of hydrogen-bond donors (Lipinski definition) is 1. The first-order chi connectivity index (χ1) is 12.5. The molecule has 1 aromatic carbocycles. The molecule has 2 aromatic rings. The molecule has 0 saturated carbocycles. The Morgan fingerprint density at radius 1 is 1.38 bits per heavy atom. The average molecular weight is 377 g/mol. The van der Waals surface area contributed by atoms with Crippen LogP contribution in [-0.4, -0.2) is 61.8 Å². The van der Waals surface area contributed by atoms with Gasteiger partial charge in [-0.3, -0.25) is 4.21 Å². The normalized spacial score (nSPS) is 20.5. The van der Waals surface area contributed by atoms with Crippen molar-refractivity contribution in [3.05, 3.63) is 36.2 Å². The molecular formula is C17H23N5O3S. The minimum Gasteiger partial charge on any atom is -0.497 e. The summed E-state index contributed by atoms with van der Waals surface area (Å²) in [6.45, 7) is 3.45. The Bertz CT molecular complexity index is 777. The van der Waals surface area contributed by atoms with Crippen molar-refractivity contribution in [3.8, 4) is 11.4 Å². The molecule has 3 rings (SSSR count). The molecule has 0 spiro atoms. The van der Waals surface area contributed by atoms with E-state index in [0.29, 0.717) is 36.8 Å². The lowest BCUT2D eigenvalue weighted by molar-refractivity contribution is 0.195. The topological polar surface area (TPSA) is 89.4 Å². The summed E-state index contributed by atoms with van der Waals surface area (Å²) in [5.41, 5.74) is 1.53. The van der Waals surface area contributed by atoms with Gasteiger partial charge >= 0.3 is 6.03 Å².